The summed E-state index contributed by atoms with van der Waals surface area (Å²) in [7, 11) is 0. The van der Waals surface area contributed by atoms with Gasteiger partial charge in [0.15, 0.2) is 0 Å². The van der Waals surface area contributed by atoms with E-state index in [0.29, 0.717) is 0 Å². The Kier molecular flexibility index (Phi) is 5.77. The third-order valence-electron chi connectivity index (χ3n) is 4.77. The van der Waals surface area contributed by atoms with Crippen LogP contribution in [0.2, 0.25) is 0 Å². The molecule has 0 aliphatic carbocycles. The Balaban J connectivity index is 1.47. The molecule has 4 heteroatoms. The maximum atomic E-state index is 5.89. The van der Waals surface area contributed by atoms with Crippen molar-refractivity contribution >= 4 is 27.0 Å². The van der Waals surface area contributed by atoms with Crippen LogP contribution in [0, 0.1) is 6.92 Å². The third kappa shape index (κ3) is 4.28. The van der Waals surface area contributed by atoms with Crippen LogP contribution in [-0.4, -0.2) is 16.2 Å². The highest BCUT2D eigenvalue weighted by Gasteiger charge is 2.12. The van der Waals surface area contributed by atoms with Crippen LogP contribution >= 0.6 is 15.9 Å². The zero-order valence-electron chi connectivity index (χ0n) is 15.9. The van der Waals surface area contributed by atoms with Gasteiger partial charge in [-0.1, -0.05) is 52.3 Å². The van der Waals surface area contributed by atoms with Crippen molar-refractivity contribution in [3.63, 3.8) is 0 Å². The van der Waals surface area contributed by atoms with E-state index in [0.717, 1.165) is 53.1 Å². The van der Waals surface area contributed by atoms with Gasteiger partial charge in [-0.2, -0.15) is 0 Å². The average Bonchev–Trinajstić information content (AvgIpc) is 3.07. The molecule has 0 saturated heterocycles. The molecule has 0 spiro atoms. The number of nitrogens with zero attached hydrogens (tertiary/aromatic N) is 2. The molecular weight excluding hydrogens is 412 g/mol. The number of unbranched alkanes of at least 4 members (excludes halogenated alkanes) is 1. The standard InChI is InChI=1S/C24H23BrN2O/c1-18-8-6-11-21(16-18)28-15-5-4-14-27-23-13-3-2-12-22(23)26-24(27)19-9-7-10-20(25)17-19/h2-3,6-13,16-17H,4-5,14-15H2,1H3. The van der Waals surface area contributed by atoms with E-state index >= 15 is 0 Å². The summed E-state index contributed by atoms with van der Waals surface area (Å²) in [6, 6.07) is 24.9. The normalized spacial score (nSPS) is 11.1. The molecule has 0 radical (unpaired) electrons. The number of aromatic nitrogens is 2. The van der Waals surface area contributed by atoms with Crippen molar-refractivity contribution in [1.82, 2.24) is 9.55 Å². The lowest BCUT2D eigenvalue weighted by molar-refractivity contribution is 0.303. The molecule has 0 saturated carbocycles. The molecule has 142 valence electrons. The first-order valence-electron chi connectivity index (χ1n) is 9.61. The van der Waals surface area contributed by atoms with Crippen molar-refractivity contribution < 1.29 is 4.74 Å². The van der Waals surface area contributed by atoms with E-state index in [9.17, 15) is 0 Å². The van der Waals surface area contributed by atoms with Gasteiger partial charge in [-0.05, 0) is 61.7 Å². The van der Waals surface area contributed by atoms with E-state index in [4.69, 9.17) is 9.72 Å². The lowest BCUT2D eigenvalue weighted by Crippen LogP contribution is -2.04. The molecule has 3 nitrogen and oxygen atoms in total. The Morgan fingerprint density at radius 1 is 0.929 bits per heavy atom. The van der Waals surface area contributed by atoms with Crippen LogP contribution in [0.25, 0.3) is 22.4 Å². The molecule has 1 heterocycles. The molecular formula is C24H23BrN2O. The number of para-hydroxylation sites is 2. The largest absolute Gasteiger partial charge is 0.494 e. The van der Waals surface area contributed by atoms with Crippen molar-refractivity contribution in [3.05, 3.63) is 82.8 Å². The molecule has 0 aliphatic heterocycles. The monoisotopic (exact) mass is 434 g/mol. The van der Waals surface area contributed by atoms with Crippen molar-refractivity contribution in [1.29, 1.82) is 0 Å². The van der Waals surface area contributed by atoms with Gasteiger partial charge < -0.3 is 9.30 Å². The Hall–Kier alpha value is -2.59. The van der Waals surface area contributed by atoms with Crippen LogP contribution < -0.4 is 4.74 Å². The second-order valence-corrected chi connectivity index (χ2v) is 7.87. The van der Waals surface area contributed by atoms with Crippen LogP contribution in [-0.2, 0) is 6.54 Å². The average molecular weight is 435 g/mol. The summed E-state index contributed by atoms with van der Waals surface area (Å²) in [4.78, 5) is 4.89. The summed E-state index contributed by atoms with van der Waals surface area (Å²) in [5, 5.41) is 0. The number of hydrogen-bond donors (Lipinski definition) is 0. The van der Waals surface area contributed by atoms with E-state index in [1.807, 2.05) is 24.3 Å². The number of rotatable bonds is 7. The van der Waals surface area contributed by atoms with Crippen molar-refractivity contribution in [2.45, 2.75) is 26.3 Å². The summed E-state index contributed by atoms with van der Waals surface area (Å²) in [5.41, 5.74) is 4.56. The third-order valence-corrected chi connectivity index (χ3v) is 5.26. The quantitative estimate of drug-likeness (QED) is 0.305. The Labute approximate surface area is 174 Å². The number of aryl methyl sites for hydroxylation is 2. The summed E-state index contributed by atoms with van der Waals surface area (Å²) in [6.45, 7) is 3.72. The fourth-order valence-corrected chi connectivity index (χ4v) is 3.82. The minimum absolute atomic E-state index is 0.725. The van der Waals surface area contributed by atoms with Gasteiger partial charge in [0, 0.05) is 16.6 Å². The lowest BCUT2D eigenvalue weighted by Gasteiger charge is -2.11. The summed E-state index contributed by atoms with van der Waals surface area (Å²) in [6.07, 6.45) is 2.03. The number of imidazole rings is 1. The maximum absolute atomic E-state index is 5.89. The van der Waals surface area contributed by atoms with Crippen LogP contribution in [0.3, 0.4) is 0 Å². The van der Waals surface area contributed by atoms with Crippen LogP contribution in [0.15, 0.2) is 77.3 Å². The smallest absolute Gasteiger partial charge is 0.141 e. The van der Waals surface area contributed by atoms with Crippen LogP contribution in [0.1, 0.15) is 18.4 Å². The molecule has 0 atom stereocenters. The van der Waals surface area contributed by atoms with E-state index in [2.05, 4.69) is 76.0 Å². The number of halogens is 1. The first kappa shape index (κ1) is 18.8. The lowest BCUT2D eigenvalue weighted by atomic mass is 10.2. The molecule has 4 rings (SSSR count). The second-order valence-electron chi connectivity index (χ2n) is 6.96. The van der Waals surface area contributed by atoms with Gasteiger partial charge in [0.1, 0.15) is 11.6 Å². The number of ether oxygens (including phenoxy) is 1. The van der Waals surface area contributed by atoms with Gasteiger partial charge in [0.05, 0.1) is 17.6 Å². The first-order chi connectivity index (χ1) is 13.7. The molecule has 3 aromatic carbocycles. The van der Waals surface area contributed by atoms with Gasteiger partial charge >= 0.3 is 0 Å². The van der Waals surface area contributed by atoms with Gasteiger partial charge in [-0.25, -0.2) is 4.98 Å². The number of hydrogen-bond acceptors (Lipinski definition) is 2. The number of fused-ring (bicyclic) bond motifs is 1. The van der Waals surface area contributed by atoms with Crippen molar-refractivity contribution in [2.75, 3.05) is 6.61 Å². The fourth-order valence-electron chi connectivity index (χ4n) is 3.42. The van der Waals surface area contributed by atoms with E-state index in [1.54, 1.807) is 0 Å². The van der Waals surface area contributed by atoms with E-state index in [-0.39, 0.29) is 0 Å². The Bertz CT molecular complexity index is 1090. The molecule has 0 fully saturated rings. The Morgan fingerprint density at radius 2 is 1.79 bits per heavy atom. The maximum Gasteiger partial charge on any atom is 0.141 e. The molecule has 28 heavy (non-hydrogen) atoms. The summed E-state index contributed by atoms with van der Waals surface area (Å²) in [5.74, 6) is 1.96. The number of benzene rings is 3. The molecule has 0 bridgehead atoms. The highest BCUT2D eigenvalue weighted by Crippen LogP contribution is 2.27. The predicted molar refractivity (Wildman–Crippen MR) is 119 cm³/mol. The molecule has 0 N–H and O–H groups in total. The summed E-state index contributed by atoms with van der Waals surface area (Å²) < 4.78 is 9.28. The van der Waals surface area contributed by atoms with E-state index < -0.39 is 0 Å². The Morgan fingerprint density at radius 3 is 2.64 bits per heavy atom. The van der Waals surface area contributed by atoms with Gasteiger partial charge in [0.25, 0.3) is 0 Å². The van der Waals surface area contributed by atoms with E-state index in [1.165, 1.54) is 11.1 Å². The minimum Gasteiger partial charge on any atom is -0.494 e. The van der Waals surface area contributed by atoms with Crippen LogP contribution in [0.5, 0.6) is 5.75 Å². The zero-order valence-corrected chi connectivity index (χ0v) is 17.5. The zero-order chi connectivity index (χ0) is 19.3. The van der Waals surface area contributed by atoms with Gasteiger partial charge in [-0.15, -0.1) is 0 Å². The highest BCUT2D eigenvalue weighted by atomic mass is 79.9. The molecule has 0 amide bonds. The van der Waals surface area contributed by atoms with Crippen LogP contribution in [0.4, 0.5) is 0 Å². The summed E-state index contributed by atoms with van der Waals surface area (Å²) >= 11 is 3.57. The highest BCUT2D eigenvalue weighted by molar-refractivity contribution is 9.10. The van der Waals surface area contributed by atoms with Gasteiger partial charge in [0.2, 0.25) is 0 Å². The first-order valence-corrected chi connectivity index (χ1v) is 10.4. The topological polar surface area (TPSA) is 27.1 Å². The van der Waals surface area contributed by atoms with Crippen molar-refractivity contribution in [2.24, 2.45) is 0 Å². The fraction of sp³-hybridized carbons (Fsp3) is 0.208. The SMILES string of the molecule is Cc1cccc(OCCCCn2c(-c3cccc(Br)c3)nc3ccccc32)c1. The molecule has 0 aliphatic rings. The minimum atomic E-state index is 0.725. The second kappa shape index (κ2) is 8.61. The molecule has 0 unspecified atom stereocenters. The molecule has 4 aromatic rings. The molecule has 1 aromatic heterocycles. The van der Waals surface area contributed by atoms with Gasteiger partial charge in [-0.3, -0.25) is 0 Å². The predicted octanol–water partition coefficient (Wildman–Crippen LogP) is 6.63. The van der Waals surface area contributed by atoms with Crippen molar-refractivity contribution in [3.8, 4) is 17.1 Å².